The normalized spacial score (nSPS) is 21.3. The van der Waals surface area contributed by atoms with Gasteiger partial charge in [0.1, 0.15) is 6.17 Å². The van der Waals surface area contributed by atoms with E-state index in [2.05, 4.69) is 31.9 Å². The molecule has 18 heteroatoms. The molecule has 15 nitrogen and oxygen atoms in total. The second-order valence-corrected chi connectivity index (χ2v) is 17.5. The molecule has 4 aliphatic heterocycles. The number of nitrogens with zero attached hydrogens (tertiary/aromatic N) is 8. The van der Waals surface area contributed by atoms with Crippen molar-refractivity contribution in [2.75, 3.05) is 61.4 Å². The number of aryl methyl sites for hydroxylation is 2. The highest BCUT2D eigenvalue weighted by molar-refractivity contribution is 6.06. The highest BCUT2D eigenvalue weighted by atomic mass is 19.3. The predicted molar refractivity (Wildman–Crippen MR) is 228 cm³/mol. The van der Waals surface area contributed by atoms with Gasteiger partial charge in [-0.25, -0.2) is 27.5 Å². The van der Waals surface area contributed by atoms with E-state index in [0.717, 1.165) is 45.6 Å². The van der Waals surface area contributed by atoms with Crippen molar-refractivity contribution in [3.8, 4) is 11.3 Å². The lowest BCUT2D eigenvalue weighted by atomic mass is 9.69. The highest BCUT2D eigenvalue weighted by Crippen LogP contribution is 2.51. The molecule has 1 aliphatic carbocycles. The van der Waals surface area contributed by atoms with Crippen LogP contribution in [0.4, 0.5) is 40.8 Å². The van der Waals surface area contributed by atoms with Gasteiger partial charge in [-0.15, -0.1) is 5.10 Å². The van der Waals surface area contributed by atoms with E-state index < -0.39 is 47.9 Å². The number of benzene rings is 2. The highest BCUT2D eigenvalue weighted by Gasteiger charge is 2.62. The zero-order valence-electron chi connectivity index (χ0n) is 35.1. The summed E-state index contributed by atoms with van der Waals surface area (Å²) < 4.78 is 47.2. The molecule has 0 bridgehead atoms. The first-order chi connectivity index (χ1) is 30.2. The first kappa shape index (κ1) is 40.5. The summed E-state index contributed by atoms with van der Waals surface area (Å²) in [6.45, 7) is 4.93. The molecule has 5 aromatic rings. The predicted octanol–water partition coefficient (Wildman–Crippen LogP) is 5.41. The monoisotopic (exact) mass is 861 g/mol. The van der Waals surface area contributed by atoms with Gasteiger partial charge in [-0.1, -0.05) is 24.3 Å². The maximum atomic E-state index is 16.0. The van der Waals surface area contributed by atoms with Gasteiger partial charge in [0.15, 0.2) is 17.2 Å². The number of imidazole rings is 1. The number of halogens is 3. The number of aromatic nitrogens is 4. The van der Waals surface area contributed by atoms with Crippen LogP contribution in [0.2, 0.25) is 0 Å². The van der Waals surface area contributed by atoms with Gasteiger partial charge in [0.05, 0.1) is 35.6 Å². The number of hydrogen-bond donors (Lipinski definition) is 3. The fraction of sp³-hybridized carbons (Fsp3) is 0.400. The molecule has 1 saturated carbocycles. The van der Waals surface area contributed by atoms with E-state index in [9.17, 15) is 23.6 Å². The van der Waals surface area contributed by atoms with Crippen LogP contribution in [0.25, 0.3) is 16.9 Å². The zero-order chi connectivity index (χ0) is 43.9. The third-order valence-corrected chi connectivity index (χ3v) is 13.3. The van der Waals surface area contributed by atoms with Crippen molar-refractivity contribution in [1.82, 2.24) is 40.0 Å². The van der Waals surface area contributed by atoms with Crippen molar-refractivity contribution in [2.45, 2.75) is 64.2 Å². The molecule has 3 saturated heterocycles. The van der Waals surface area contributed by atoms with Crippen molar-refractivity contribution < 1.29 is 32.3 Å². The Kier molecular flexibility index (Phi) is 9.69. The Labute approximate surface area is 360 Å². The topological polar surface area (TPSA) is 160 Å². The standard InChI is InChI=1S/C45H46F3N11O4/c1-25-7-8-28(16-35(25)58-13-10-38(60)53-43(58)63)42(62)56-14-11-44(45(47,48)24-56)22-55(23-44)21-27-15-26(2)39(50-19-27)30-5-4-6-34-29(30)9-12-57(34)37-18-33(49-3)40-51-20-36(59(40)54-37)41(61)52-32-17-31(32)46/h4-8,15-16,18-20,31-32,49H,9-14,17,21-24H2,1-3H3,(H,52,61)(H,53,60,63)/t31-,32+/m0/s1. The molecule has 63 heavy (non-hydrogen) atoms. The summed E-state index contributed by atoms with van der Waals surface area (Å²) in [5.41, 5.74) is 7.29. The fourth-order valence-corrected chi connectivity index (χ4v) is 9.65. The summed E-state index contributed by atoms with van der Waals surface area (Å²) in [6, 6.07) is 13.8. The first-order valence-corrected chi connectivity index (χ1v) is 21.2. The van der Waals surface area contributed by atoms with E-state index in [1.807, 2.05) is 42.3 Å². The van der Waals surface area contributed by atoms with Gasteiger partial charge in [0.2, 0.25) is 5.91 Å². The van der Waals surface area contributed by atoms with Crippen molar-refractivity contribution >= 4 is 52.3 Å². The Morgan fingerprint density at radius 2 is 1.71 bits per heavy atom. The minimum absolute atomic E-state index is 0.124. The average molecular weight is 862 g/mol. The summed E-state index contributed by atoms with van der Waals surface area (Å²) in [5.74, 6) is -3.82. The summed E-state index contributed by atoms with van der Waals surface area (Å²) in [4.78, 5) is 66.9. The molecular formula is C45H46F3N11O4. The van der Waals surface area contributed by atoms with Gasteiger partial charge in [-0.2, -0.15) is 0 Å². The molecule has 3 N–H and O–H groups in total. The first-order valence-electron chi connectivity index (χ1n) is 21.2. The number of amides is 5. The number of carbonyl (C=O) groups excluding carboxylic acids is 4. The summed E-state index contributed by atoms with van der Waals surface area (Å²) in [6.07, 6.45) is 3.53. The number of alkyl halides is 3. The Bertz CT molecular complexity index is 2740. The Morgan fingerprint density at radius 3 is 2.44 bits per heavy atom. The SMILES string of the molecule is CNc1cc(N2CCc3c(-c4ncc(CN5CC6(CCN(C(=O)c7ccc(C)c(N8CCC(=O)NC8=O)c7)CC6(F)F)C5)cc4C)cccc32)nn2c(C(=O)N[C@@H]3C[C@@H]3F)cnc12. The smallest absolute Gasteiger partial charge is 0.328 e. The number of fused-ring (bicyclic) bond motifs is 2. The number of carbonyl (C=O) groups is 4. The van der Waals surface area contributed by atoms with Crippen LogP contribution >= 0.6 is 0 Å². The minimum Gasteiger partial charge on any atom is -0.385 e. The van der Waals surface area contributed by atoms with Gasteiger partial charge in [-0.05, 0) is 67.1 Å². The Hall–Kier alpha value is -6.56. The Balaban J connectivity index is 0.804. The van der Waals surface area contributed by atoms with Gasteiger partial charge in [-0.3, -0.25) is 34.5 Å². The lowest BCUT2D eigenvalue weighted by Crippen LogP contribution is -2.70. The zero-order valence-corrected chi connectivity index (χ0v) is 35.1. The maximum Gasteiger partial charge on any atom is 0.328 e. The Morgan fingerprint density at radius 1 is 0.921 bits per heavy atom. The van der Waals surface area contributed by atoms with Crippen LogP contribution in [0.1, 0.15) is 62.4 Å². The van der Waals surface area contributed by atoms with E-state index in [4.69, 9.17) is 10.1 Å². The van der Waals surface area contributed by atoms with Crippen LogP contribution < -0.4 is 25.8 Å². The molecular weight excluding hydrogens is 816 g/mol. The summed E-state index contributed by atoms with van der Waals surface area (Å²) in [5, 5.41) is 13.0. The molecule has 2 aromatic carbocycles. The number of pyridine rings is 1. The van der Waals surface area contributed by atoms with Crippen LogP contribution in [0.3, 0.4) is 0 Å². The molecule has 0 unspecified atom stereocenters. The number of rotatable bonds is 9. The van der Waals surface area contributed by atoms with Crippen LogP contribution in [0, 0.1) is 19.3 Å². The minimum atomic E-state index is -3.11. The lowest BCUT2D eigenvalue weighted by Gasteiger charge is -2.57. The number of nitrogens with one attached hydrogen (secondary N) is 3. The molecule has 2 atom stereocenters. The van der Waals surface area contributed by atoms with Crippen LogP contribution in [0.15, 0.2) is 60.9 Å². The van der Waals surface area contributed by atoms with E-state index in [-0.39, 0.29) is 56.2 Å². The molecule has 326 valence electrons. The molecule has 0 radical (unpaired) electrons. The molecule has 1 spiro atoms. The number of hydrogen-bond acceptors (Lipinski definition) is 10. The molecule has 5 aliphatic rings. The second-order valence-electron chi connectivity index (χ2n) is 17.5. The lowest BCUT2D eigenvalue weighted by molar-refractivity contribution is -0.220. The van der Waals surface area contributed by atoms with Gasteiger partial charge in [0.25, 0.3) is 17.7 Å². The van der Waals surface area contributed by atoms with E-state index >= 15 is 8.78 Å². The van der Waals surface area contributed by atoms with E-state index in [0.29, 0.717) is 42.4 Å². The van der Waals surface area contributed by atoms with Crippen LogP contribution in [0.5, 0.6) is 0 Å². The number of piperidine rings is 1. The van der Waals surface area contributed by atoms with Crippen molar-refractivity contribution in [3.63, 3.8) is 0 Å². The van der Waals surface area contributed by atoms with E-state index in [1.165, 1.54) is 20.5 Å². The summed E-state index contributed by atoms with van der Waals surface area (Å²) in [7, 11) is 1.78. The fourth-order valence-electron chi connectivity index (χ4n) is 9.65. The number of likely N-dealkylation sites (tertiary alicyclic amines) is 2. The largest absolute Gasteiger partial charge is 0.385 e. The van der Waals surface area contributed by atoms with Gasteiger partial charge >= 0.3 is 6.03 Å². The number of urea groups is 1. The van der Waals surface area contributed by atoms with Crippen LogP contribution in [-0.2, 0) is 17.8 Å². The third-order valence-electron chi connectivity index (χ3n) is 13.3. The average Bonchev–Trinajstić information content (AvgIpc) is 3.56. The molecule has 4 fully saturated rings. The van der Waals surface area contributed by atoms with E-state index in [1.54, 1.807) is 32.2 Å². The van der Waals surface area contributed by atoms with Gasteiger partial charge < -0.3 is 20.4 Å². The molecule has 7 heterocycles. The molecule has 10 rings (SSSR count). The number of anilines is 4. The van der Waals surface area contributed by atoms with Crippen molar-refractivity contribution in [3.05, 3.63) is 94.4 Å². The van der Waals surface area contributed by atoms with Crippen LogP contribution in [-0.4, -0.2) is 118 Å². The second kappa shape index (κ2) is 15.1. The maximum absolute atomic E-state index is 16.0. The molecule has 5 amide bonds. The van der Waals surface area contributed by atoms with Crippen molar-refractivity contribution in [1.29, 1.82) is 0 Å². The quantitative estimate of drug-likeness (QED) is 0.175. The third kappa shape index (κ3) is 7.00. The van der Waals surface area contributed by atoms with Gasteiger partial charge in [0, 0.05) is 93.9 Å². The van der Waals surface area contributed by atoms with Crippen molar-refractivity contribution in [2.24, 2.45) is 5.41 Å². The number of imide groups is 1. The molecule has 3 aromatic heterocycles. The summed E-state index contributed by atoms with van der Waals surface area (Å²) >= 11 is 0.